The van der Waals surface area contributed by atoms with Crippen LogP contribution in [0.3, 0.4) is 0 Å². The van der Waals surface area contributed by atoms with Gasteiger partial charge in [0, 0.05) is 17.8 Å². The third-order valence-electron chi connectivity index (χ3n) is 11.2. The lowest BCUT2D eigenvalue weighted by Gasteiger charge is -2.59. The van der Waals surface area contributed by atoms with Gasteiger partial charge < -0.3 is 14.2 Å². The Morgan fingerprint density at radius 2 is 1.52 bits per heavy atom. The average molecular weight is 819 g/mol. The summed E-state index contributed by atoms with van der Waals surface area (Å²) < 4.78 is 49.9. The second-order valence-electron chi connectivity index (χ2n) is 16.8. The Morgan fingerprint density at radius 3 is 1.98 bits per heavy atom. The van der Waals surface area contributed by atoms with Gasteiger partial charge in [0.1, 0.15) is 34.5 Å². The largest absolute Gasteiger partial charge is 0.492 e. The van der Waals surface area contributed by atoms with Crippen molar-refractivity contribution < 1.29 is 32.6 Å². The van der Waals surface area contributed by atoms with Crippen LogP contribution in [0.1, 0.15) is 122 Å². The molecule has 0 aromatic carbocycles. The van der Waals surface area contributed by atoms with Crippen LogP contribution >= 0.6 is 11.6 Å². The molecule has 0 spiro atoms. The molecule has 2 saturated carbocycles. The Morgan fingerprint density at radius 1 is 0.879 bits per heavy atom. The van der Waals surface area contributed by atoms with E-state index in [2.05, 4.69) is 42.4 Å². The Balaban J connectivity index is 1.40. The fourth-order valence-electron chi connectivity index (χ4n) is 8.33. The number of hydrogen-bond acceptors (Lipinski definition) is 11. The van der Waals surface area contributed by atoms with Crippen molar-refractivity contribution in [2.24, 2.45) is 5.41 Å². The van der Waals surface area contributed by atoms with Crippen LogP contribution in [0.25, 0.3) is 5.76 Å². The standard InChI is InChI=1S/C42H49ClF2N8O5/c1-9-56-26(2)29-16-17-30(49-48-29)35(40(20-12-21-40)33-27(44)14-10-24-46-33)57-36(54)52-53(39(6,7)8)37(55)58-42(38(3,4)5,31-18-19-32(43)51-50-31)41(22-13-23-41)34-28(45)15-11-25-47-34/h10-11,14-19,24-25,35H,2,9,12-13,20-23H2,1,3-8H3,(H,52,54). The maximum absolute atomic E-state index is 15.9. The number of aromatic nitrogens is 6. The van der Waals surface area contributed by atoms with Crippen LogP contribution in [0.4, 0.5) is 18.4 Å². The van der Waals surface area contributed by atoms with E-state index >= 15 is 8.78 Å². The van der Waals surface area contributed by atoms with Gasteiger partial charge in [0.2, 0.25) is 0 Å². The molecule has 16 heteroatoms. The minimum atomic E-state index is -1.71. The number of carbonyl (C=O) groups excluding carboxylic acids is 2. The van der Waals surface area contributed by atoms with Gasteiger partial charge >= 0.3 is 12.2 Å². The molecular formula is C42H49ClF2N8O5. The zero-order chi connectivity index (χ0) is 42.1. The molecule has 2 aliphatic carbocycles. The number of hydrogen-bond donors (Lipinski definition) is 1. The number of halogens is 3. The molecule has 4 heterocycles. The molecule has 0 aliphatic heterocycles. The smallest absolute Gasteiger partial charge is 0.430 e. The highest BCUT2D eigenvalue weighted by atomic mass is 35.5. The van der Waals surface area contributed by atoms with E-state index in [1.807, 2.05) is 27.7 Å². The van der Waals surface area contributed by atoms with Crippen LogP contribution in [-0.4, -0.2) is 59.7 Å². The SMILES string of the molecule is C=C(OCC)c1ccc(C(OC(=O)NN(C(=O)OC(c2ccc(Cl)nn2)(C(C)(C)C)C2(c3ncccc3F)CCC2)C(C)(C)C)C2(c3ncccc3F)CCC2)nn1. The van der Waals surface area contributed by atoms with Crippen molar-refractivity contribution >= 4 is 29.5 Å². The van der Waals surface area contributed by atoms with E-state index in [0.29, 0.717) is 56.6 Å². The molecule has 308 valence electrons. The first kappa shape index (κ1) is 42.3. The fraction of sp³-hybridized carbons (Fsp3) is 0.476. The van der Waals surface area contributed by atoms with E-state index in [1.54, 1.807) is 39.0 Å². The molecule has 6 rings (SSSR count). The first-order valence-electron chi connectivity index (χ1n) is 19.3. The lowest BCUT2D eigenvalue weighted by Crippen LogP contribution is -2.66. The Kier molecular flexibility index (Phi) is 11.8. The molecule has 2 amide bonds. The highest BCUT2D eigenvalue weighted by Crippen LogP contribution is 2.63. The second kappa shape index (κ2) is 16.1. The molecule has 2 atom stereocenters. The van der Waals surface area contributed by atoms with E-state index in [4.69, 9.17) is 25.8 Å². The number of amides is 2. The van der Waals surface area contributed by atoms with E-state index in [0.717, 1.165) is 5.01 Å². The fourth-order valence-corrected chi connectivity index (χ4v) is 8.44. The van der Waals surface area contributed by atoms with Gasteiger partial charge in [-0.25, -0.2) is 28.8 Å². The number of nitrogens with zero attached hydrogens (tertiary/aromatic N) is 7. The number of rotatable bonds is 11. The summed E-state index contributed by atoms with van der Waals surface area (Å²) in [5.74, 6) is -0.832. The van der Waals surface area contributed by atoms with Gasteiger partial charge in [-0.05, 0) is 102 Å². The molecule has 2 fully saturated rings. The first-order chi connectivity index (χ1) is 27.4. The average Bonchev–Trinajstić information content (AvgIpc) is 3.13. The third kappa shape index (κ3) is 7.56. The predicted molar refractivity (Wildman–Crippen MR) is 211 cm³/mol. The molecule has 4 aromatic rings. The Labute approximate surface area is 341 Å². The molecule has 58 heavy (non-hydrogen) atoms. The van der Waals surface area contributed by atoms with Gasteiger partial charge in [0.25, 0.3) is 0 Å². The zero-order valence-electron chi connectivity index (χ0n) is 33.8. The minimum absolute atomic E-state index is 0.105. The summed E-state index contributed by atoms with van der Waals surface area (Å²) in [5, 5.41) is 18.3. The summed E-state index contributed by atoms with van der Waals surface area (Å²) in [7, 11) is 0. The molecule has 13 nitrogen and oxygen atoms in total. The normalized spacial score (nSPS) is 17.3. The Hall–Kier alpha value is -5.31. The summed E-state index contributed by atoms with van der Waals surface area (Å²) in [4.78, 5) is 38.1. The molecule has 1 N–H and O–H groups in total. The van der Waals surface area contributed by atoms with E-state index in [-0.39, 0.29) is 27.9 Å². The Bertz CT molecular complexity index is 2140. The number of ether oxygens (including phenoxy) is 3. The monoisotopic (exact) mass is 818 g/mol. The molecule has 0 radical (unpaired) electrons. The maximum atomic E-state index is 15.9. The van der Waals surface area contributed by atoms with Crippen molar-refractivity contribution in [3.05, 3.63) is 113 Å². The number of carbonyl (C=O) groups is 2. The van der Waals surface area contributed by atoms with Crippen molar-refractivity contribution in [1.82, 2.24) is 40.8 Å². The molecule has 0 saturated heterocycles. The first-order valence-corrected chi connectivity index (χ1v) is 19.7. The van der Waals surface area contributed by atoms with Crippen LogP contribution in [0.5, 0.6) is 0 Å². The summed E-state index contributed by atoms with van der Waals surface area (Å²) in [5.41, 5.74) is -2.49. The highest BCUT2D eigenvalue weighted by molar-refractivity contribution is 6.29. The van der Waals surface area contributed by atoms with Gasteiger partial charge in [-0.3, -0.25) is 9.97 Å². The molecule has 4 aromatic heterocycles. The summed E-state index contributed by atoms with van der Waals surface area (Å²) >= 11 is 6.20. The molecule has 2 aliphatic rings. The van der Waals surface area contributed by atoms with Crippen molar-refractivity contribution in [3.63, 3.8) is 0 Å². The minimum Gasteiger partial charge on any atom is -0.492 e. The lowest BCUT2D eigenvalue weighted by atomic mass is 9.49. The van der Waals surface area contributed by atoms with Crippen molar-refractivity contribution in [2.75, 3.05) is 6.61 Å². The number of hydrazine groups is 1. The van der Waals surface area contributed by atoms with Crippen LogP contribution in [0.15, 0.2) is 67.5 Å². The molecule has 2 unspecified atom stereocenters. The molecule has 0 bridgehead atoms. The van der Waals surface area contributed by atoms with Crippen LogP contribution in [0.2, 0.25) is 5.15 Å². The van der Waals surface area contributed by atoms with Crippen molar-refractivity contribution in [2.45, 2.75) is 115 Å². The highest BCUT2D eigenvalue weighted by Gasteiger charge is 2.68. The number of pyridine rings is 2. The summed E-state index contributed by atoms with van der Waals surface area (Å²) in [6.45, 7) is 16.7. The van der Waals surface area contributed by atoms with Crippen molar-refractivity contribution in [1.29, 1.82) is 0 Å². The zero-order valence-corrected chi connectivity index (χ0v) is 34.6. The van der Waals surface area contributed by atoms with Crippen LogP contribution < -0.4 is 5.43 Å². The quantitative estimate of drug-likeness (QED) is 0.114. The summed E-state index contributed by atoms with van der Waals surface area (Å²) in [6, 6.07) is 12.0. The van der Waals surface area contributed by atoms with Crippen LogP contribution in [-0.2, 0) is 30.6 Å². The predicted octanol–water partition coefficient (Wildman–Crippen LogP) is 9.10. The summed E-state index contributed by atoms with van der Waals surface area (Å²) in [6.07, 6.45) is 2.72. The van der Waals surface area contributed by atoms with Gasteiger partial charge in [0.05, 0.1) is 34.4 Å². The van der Waals surface area contributed by atoms with Gasteiger partial charge in [-0.15, -0.1) is 15.3 Å². The van der Waals surface area contributed by atoms with E-state index in [1.165, 1.54) is 42.7 Å². The topological polar surface area (TPSA) is 154 Å². The van der Waals surface area contributed by atoms with Gasteiger partial charge in [0.15, 0.2) is 16.9 Å². The number of nitrogens with one attached hydrogen (secondary N) is 1. The van der Waals surface area contributed by atoms with E-state index in [9.17, 15) is 9.59 Å². The second-order valence-corrected chi connectivity index (χ2v) is 17.1. The van der Waals surface area contributed by atoms with E-state index < -0.39 is 57.3 Å². The third-order valence-corrected chi connectivity index (χ3v) is 11.4. The lowest BCUT2D eigenvalue weighted by molar-refractivity contribution is -0.175. The van der Waals surface area contributed by atoms with Crippen molar-refractivity contribution in [3.8, 4) is 0 Å². The maximum Gasteiger partial charge on any atom is 0.430 e. The van der Waals surface area contributed by atoms with Gasteiger partial charge in [-0.2, -0.15) is 5.10 Å². The van der Waals surface area contributed by atoms with Gasteiger partial charge in [-0.1, -0.05) is 51.8 Å². The molecular weight excluding hydrogens is 770 g/mol. The van der Waals surface area contributed by atoms with Crippen LogP contribution in [0, 0.1) is 17.0 Å².